The van der Waals surface area contributed by atoms with Gasteiger partial charge in [0.05, 0.1) is 4.90 Å². The Morgan fingerprint density at radius 2 is 2.23 bits per heavy atom. The molecule has 1 heterocycles. The highest BCUT2D eigenvalue weighted by Crippen LogP contribution is 2.34. The molecule has 0 aliphatic heterocycles. The van der Waals surface area contributed by atoms with Crippen LogP contribution in [0.1, 0.15) is 5.56 Å². The molecule has 2 aromatic rings. The fraction of sp³-hybridized carbons (Fsp3) is 0.200. The van der Waals surface area contributed by atoms with Crippen LogP contribution in [0, 0.1) is 12.7 Å². The van der Waals surface area contributed by atoms with Crippen LogP contribution >= 0.6 is 23.1 Å². The monoisotopic (exact) mass is 212 g/mol. The van der Waals surface area contributed by atoms with Crippen LogP contribution in [-0.4, -0.2) is 6.26 Å². The van der Waals surface area contributed by atoms with Crippen molar-refractivity contribution in [2.75, 3.05) is 6.26 Å². The van der Waals surface area contributed by atoms with Crippen LogP contribution in [-0.2, 0) is 0 Å². The SMILES string of the molecule is CSc1c(F)cc(C)c2sccc12. The zero-order chi connectivity index (χ0) is 9.42. The van der Waals surface area contributed by atoms with Gasteiger partial charge < -0.3 is 0 Å². The second kappa shape index (κ2) is 3.31. The second-order valence-electron chi connectivity index (χ2n) is 2.87. The Morgan fingerprint density at radius 1 is 1.46 bits per heavy atom. The number of halogens is 1. The number of benzene rings is 1. The van der Waals surface area contributed by atoms with Gasteiger partial charge in [0.2, 0.25) is 0 Å². The minimum absolute atomic E-state index is 0.101. The standard InChI is InChI=1S/C10H9FS2/c1-6-5-8(11)10(12-2)7-3-4-13-9(6)7/h3-5H,1-2H3. The summed E-state index contributed by atoms with van der Waals surface area (Å²) in [5.41, 5.74) is 1.03. The number of hydrogen-bond donors (Lipinski definition) is 0. The Hall–Kier alpha value is -0.540. The molecule has 0 N–H and O–H groups in total. The molecule has 0 unspecified atom stereocenters. The van der Waals surface area contributed by atoms with E-state index < -0.39 is 0 Å². The molecule has 0 amide bonds. The van der Waals surface area contributed by atoms with E-state index in [1.807, 2.05) is 24.6 Å². The van der Waals surface area contributed by atoms with E-state index in [1.54, 1.807) is 17.4 Å². The Morgan fingerprint density at radius 3 is 2.92 bits per heavy atom. The first-order valence-corrected chi connectivity index (χ1v) is 6.04. The van der Waals surface area contributed by atoms with Crippen molar-refractivity contribution in [1.29, 1.82) is 0 Å². The normalized spacial score (nSPS) is 11.0. The molecular weight excluding hydrogens is 203 g/mol. The molecular formula is C10H9FS2. The highest BCUT2D eigenvalue weighted by Gasteiger charge is 2.09. The van der Waals surface area contributed by atoms with Gasteiger partial charge in [-0.2, -0.15) is 0 Å². The van der Waals surface area contributed by atoms with Crippen molar-refractivity contribution in [2.24, 2.45) is 0 Å². The van der Waals surface area contributed by atoms with E-state index >= 15 is 0 Å². The summed E-state index contributed by atoms with van der Waals surface area (Å²) in [6.45, 7) is 1.95. The topological polar surface area (TPSA) is 0 Å². The van der Waals surface area contributed by atoms with Gasteiger partial charge in [-0.3, -0.25) is 0 Å². The quantitative estimate of drug-likeness (QED) is 0.642. The summed E-state index contributed by atoms with van der Waals surface area (Å²) in [5, 5.41) is 3.06. The number of hydrogen-bond acceptors (Lipinski definition) is 2. The Labute approximate surface area is 84.8 Å². The summed E-state index contributed by atoms with van der Waals surface area (Å²) in [7, 11) is 0. The summed E-state index contributed by atoms with van der Waals surface area (Å²) in [4.78, 5) is 0.766. The smallest absolute Gasteiger partial charge is 0.137 e. The van der Waals surface area contributed by atoms with Crippen molar-refractivity contribution in [3.8, 4) is 0 Å². The summed E-state index contributed by atoms with van der Waals surface area (Å²) in [6.07, 6.45) is 1.91. The van der Waals surface area contributed by atoms with Crippen LogP contribution in [0.5, 0.6) is 0 Å². The largest absolute Gasteiger partial charge is 0.206 e. The lowest BCUT2D eigenvalue weighted by Crippen LogP contribution is -1.83. The predicted molar refractivity (Wildman–Crippen MR) is 58.3 cm³/mol. The third-order valence-corrected chi connectivity index (χ3v) is 3.91. The van der Waals surface area contributed by atoms with E-state index in [4.69, 9.17) is 0 Å². The van der Waals surface area contributed by atoms with Crippen molar-refractivity contribution in [3.63, 3.8) is 0 Å². The highest BCUT2D eigenvalue weighted by molar-refractivity contribution is 7.98. The summed E-state index contributed by atoms with van der Waals surface area (Å²) in [5.74, 6) is -0.101. The molecule has 0 radical (unpaired) electrons. The number of fused-ring (bicyclic) bond motifs is 1. The molecule has 2 rings (SSSR count). The van der Waals surface area contributed by atoms with Crippen LogP contribution < -0.4 is 0 Å². The first-order chi connectivity index (χ1) is 6.24. The molecule has 1 aromatic carbocycles. The maximum atomic E-state index is 13.4. The molecule has 0 saturated carbocycles. The van der Waals surface area contributed by atoms with Crippen molar-refractivity contribution < 1.29 is 4.39 Å². The molecule has 0 aliphatic rings. The molecule has 3 heteroatoms. The van der Waals surface area contributed by atoms with Gasteiger partial charge in [0.1, 0.15) is 5.82 Å². The van der Waals surface area contributed by atoms with E-state index in [0.717, 1.165) is 15.8 Å². The van der Waals surface area contributed by atoms with Crippen LogP contribution in [0.25, 0.3) is 10.1 Å². The van der Waals surface area contributed by atoms with E-state index in [0.29, 0.717) is 0 Å². The molecule has 0 bridgehead atoms. The Balaban J connectivity index is 2.88. The summed E-state index contributed by atoms with van der Waals surface area (Å²) < 4.78 is 14.6. The van der Waals surface area contributed by atoms with Gasteiger partial charge in [0.25, 0.3) is 0 Å². The van der Waals surface area contributed by atoms with E-state index in [2.05, 4.69) is 0 Å². The lowest BCUT2D eigenvalue weighted by atomic mass is 10.2. The number of rotatable bonds is 1. The summed E-state index contributed by atoms with van der Waals surface area (Å²) in [6, 6.07) is 3.60. The van der Waals surface area contributed by atoms with Crippen LogP contribution in [0.15, 0.2) is 22.4 Å². The average Bonchev–Trinajstić information content (AvgIpc) is 2.53. The van der Waals surface area contributed by atoms with Crippen molar-refractivity contribution in [1.82, 2.24) is 0 Å². The van der Waals surface area contributed by atoms with Gasteiger partial charge in [-0.05, 0) is 36.3 Å². The van der Waals surface area contributed by atoms with Crippen LogP contribution in [0.2, 0.25) is 0 Å². The maximum absolute atomic E-state index is 13.4. The van der Waals surface area contributed by atoms with Crippen LogP contribution in [0.3, 0.4) is 0 Å². The van der Waals surface area contributed by atoms with E-state index in [-0.39, 0.29) is 5.82 Å². The number of thiophene rings is 1. The molecule has 1 aromatic heterocycles. The molecule has 0 aliphatic carbocycles. The van der Waals surface area contributed by atoms with E-state index in [9.17, 15) is 4.39 Å². The zero-order valence-electron chi connectivity index (χ0n) is 7.43. The lowest BCUT2D eigenvalue weighted by molar-refractivity contribution is 0.605. The molecule has 68 valence electrons. The third kappa shape index (κ3) is 1.36. The van der Waals surface area contributed by atoms with Gasteiger partial charge in [-0.1, -0.05) is 0 Å². The maximum Gasteiger partial charge on any atom is 0.137 e. The predicted octanol–water partition coefficient (Wildman–Crippen LogP) is 4.07. The minimum Gasteiger partial charge on any atom is -0.206 e. The molecule has 0 atom stereocenters. The van der Waals surface area contributed by atoms with Crippen molar-refractivity contribution >= 4 is 33.2 Å². The molecule has 13 heavy (non-hydrogen) atoms. The van der Waals surface area contributed by atoms with Gasteiger partial charge in [0, 0.05) is 10.1 Å². The first-order valence-electron chi connectivity index (χ1n) is 3.94. The fourth-order valence-corrected chi connectivity index (χ4v) is 3.04. The van der Waals surface area contributed by atoms with Gasteiger partial charge in [-0.15, -0.1) is 23.1 Å². The van der Waals surface area contributed by atoms with Crippen molar-refractivity contribution in [2.45, 2.75) is 11.8 Å². The van der Waals surface area contributed by atoms with E-state index in [1.165, 1.54) is 16.5 Å². The minimum atomic E-state index is -0.101. The van der Waals surface area contributed by atoms with Gasteiger partial charge >= 0.3 is 0 Å². The van der Waals surface area contributed by atoms with Crippen molar-refractivity contribution in [3.05, 3.63) is 28.9 Å². The lowest BCUT2D eigenvalue weighted by Gasteiger charge is -2.03. The van der Waals surface area contributed by atoms with Gasteiger partial charge in [-0.25, -0.2) is 4.39 Å². The number of thioether (sulfide) groups is 1. The number of aryl methyl sites for hydroxylation is 1. The van der Waals surface area contributed by atoms with Crippen LogP contribution in [0.4, 0.5) is 4.39 Å². The Kier molecular flexibility index (Phi) is 2.30. The Bertz CT molecular complexity index is 445. The molecule has 0 saturated heterocycles. The zero-order valence-corrected chi connectivity index (χ0v) is 9.06. The molecule has 0 nitrogen and oxygen atoms in total. The highest BCUT2D eigenvalue weighted by atomic mass is 32.2. The molecule has 0 spiro atoms. The third-order valence-electron chi connectivity index (χ3n) is 2.03. The van der Waals surface area contributed by atoms with Gasteiger partial charge in [0.15, 0.2) is 0 Å². The molecule has 0 fully saturated rings. The first kappa shape index (κ1) is 9.03. The average molecular weight is 212 g/mol. The second-order valence-corrected chi connectivity index (χ2v) is 4.60. The fourth-order valence-electron chi connectivity index (χ4n) is 1.45. The summed E-state index contributed by atoms with van der Waals surface area (Å²) >= 11 is 3.14.